The molecule has 2 aromatic rings. The van der Waals surface area contributed by atoms with Crippen LogP contribution in [0.1, 0.15) is 26.5 Å². The van der Waals surface area contributed by atoms with Crippen LogP contribution in [0, 0.1) is 0 Å². The molecule has 5 heteroatoms. The first-order valence-electron chi connectivity index (χ1n) is 6.09. The monoisotopic (exact) mass is 276 g/mol. The summed E-state index contributed by atoms with van der Waals surface area (Å²) < 4.78 is 5.09. The van der Waals surface area contributed by atoms with Crippen molar-refractivity contribution >= 4 is 17.3 Å². The summed E-state index contributed by atoms with van der Waals surface area (Å²) in [6, 6.07) is 3.81. The number of hydrogen-bond donors (Lipinski definition) is 0. The van der Waals surface area contributed by atoms with Gasteiger partial charge in [-0.2, -0.15) is 0 Å². The van der Waals surface area contributed by atoms with Crippen molar-refractivity contribution in [2.75, 3.05) is 6.61 Å². The Balaban J connectivity index is 2.28. The second-order valence-corrected chi connectivity index (χ2v) is 5.48. The molecule has 0 fully saturated rings. The van der Waals surface area contributed by atoms with Crippen LogP contribution >= 0.6 is 11.3 Å². The predicted octanol–water partition coefficient (Wildman–Crippen LogP) is 3.05. The van der Waals surface area contributed by atoms with Gasteiger partial charge in [-0.15, -0.1) is 11.3 Å². The number of aromatic nitrogens is 2. The Labute approximate surface area is 116 Å². The molecule has 0 aliphatic heterocycles. The fraction of sp³-hybridized carbons (Fsp3) is 0.357. The first-order valence-corrected chi connectivity index (χ1v) is 6.97. The second kappa shape index (κ2) is 5.48. The van der Waals surface area contributed by atoms with E-state index in [4.69, 9.17) is 4.74 Å². The minimum atomic E-state index is -0.724. The van der Waals surface area contributed by atoms with E-state index < -0.39 is 5.41 Å². The molecule has 0 saturated carbocycles. The number of carbonyl (C=O) groups is 1. The van der Waals surface area contributed by atoms with Crippen LogP contribution in [-0.2, 0) is 14.9 Å². The van der Waals surface area contributed by atoms with Gasteiger partial charge in [0.05, 0.1) is 12.3 Å². The van der Waals surface area contributed by atoms with Crippen molar-refractivity contribution < 1.29 is 9.53 Å². The largest absolute Gasteiger partial charge is 0.465 e. The zero-order chi connectivity index (χ0) is 13.9. The number of pyridine rings is 1. The summed E-state index contributed by atoms with van der Waals surface area (Å²) in [6.07, 6.45) is 3.46. The van der Waals surface area contributed by atoms with E-state index in [0.29, 0.717) is 6.61 Å². The maximum Gasteiger partial charge on any atom is 0.317 e. The summed E-state index contributed by atoms with van der Waals surface area (Å²) in [5.41, 5.74) is 1.02. The number of nitrogens with zero attached hydrogens (tertiary/aromatic N) is 2. The first-order chi connectivity index (χ1) is 9.05. The fourth-order valence-corrected chi connectivity index (χ4v) is 2.60. The second-order valence-electron chi connectivity index (χ2n) is 4.62. The van der Waals surface area contributed by atoms with Gasteiger partial charge in [0.15, 0.2) is 0 Å². The Morgan fingerprint density at radius 3 is 2.68 bits per heavy atom. The smallest absolute Gasteiger partial charge is 0.317 e. The Morgan fingerprint density at radius 1 is 1.37 bits per heavy atom. The summed E-state index contributed by atoms with van der Waals surface area (Å²) >= 11 is 1.52. The number of carbonyl (C=O) groups excluding carboxylic acids is 1. The molecule has 0 aromatic carbocycles. The average Bonchev–Trinajstić information content (AvgIpc) is 2.90. The molecule has 0 amide bonds. The highest BCUT2D eigenvalue weighted by molar-refractivity contribution is 7.13. The molecule has 0 atom stereocenters. The normalized spacial score (nSPS) is 11.3. The molecule has 2 rings (SSSR count). The van der Waals surface area contributed by atoms with Crippen molar-refractivity contribution in [3.05, 3.63) is 35.6 Å². The zero-order valence-corrected chi connectivity index (χ0v) is 12.0. The fourth-order valence-electron chi connectivity index (χ4n) is 1.60. The molecule has 0 radical (unpaired) electrons. The Kier molecular flexibility index (Phi) is 3.95. The highest BCUT2D eigenvalue weighted by Crippen LogP contribution is 2.30. The molecule has 0 aliphatic carbocycles. The summed E-state index contributed by atoms with van der Waals surface area (Å²) in [5, 5.41) is 2.79. The number of esters is 1. The van der Waals surface area contributed by atoms with Gasteiger partial charge >= 0.3 is 5.97 Å². The van der Waals surface area contributed by atoms with Gasteiger partial charge in [-0.3, -0.25) is 9.78 Å². The lowest BCUT2D eigenvalue weighted by atomic mass is 9.90. The molecule has 0 saturated heterocycles. The lowest BCUT2D eigenvalue weighted by Gasteiger charge is -2.19. The predicted molar refractivity (Wildman–Crippen MR) is 75.0 cm³/mol. The van der Waals surface area contributed by atoms with Crippen LogP contribution in [0.2, 0.25) is 0 Å². The van der Waals surface area contributed by atoms with E-state index in [2.05, 4.69) is 9.97 Å². The zero-order valence-electron chi connectivity index (χ0n) is 11.2. The molecule has 0 aliphatic rings. The maximum absolute atomic E-state index is 11.9. The van der Waals surface area contributed by atoms with Gasteiger partial charge < -0.3 is 4.74 Å². The van der Waals surface area contributed by atoms with E-state index >= 15 is 0 Å². The number of ether oxygens (including phenoxy) is 1. The number of hydrogen-bond acceptors (Lipinski definition) is 5. The molecule has 0 spiro atoms. The molecular formula is C14H16N2O2S. The SMILES string of the molecule is CCOC(=O)C(C)(C)c1csc(-c2ccncc2)n1. The molecular weight excluding hydrogens is 260 g/mol. The average molecular weight is 276 g/mol. The van der Waals surface area contributed by atoms with Gasteiger partial charge in [0, 0.05) is 23.3 Å². The lowest BCUT2D eigenvalue weighted by molar-refractivity contribution is -0.148. The van der Waals surface area contributed by atoms with Crippen LogP contribution in [0.3, 0.4) is 0 Å². The highest BCUT2D eigenvalue weighted by atomic mass is 32.1. The van der Waals surface area contributed by atoms with Crippen LogP contribution in [-0.4, -0.2) is 22.5 Å². The van der Waals surface area contributed by atoms with E-state index in [1.54, 1.807) is 19.3 Å². The van der Waals surface area contributed by atoms with Crippen LogP contribution in [0.4, 0.5) is 0 Å². The molecule has 2 heterocycles. The van der Waals surface area contributed by atoms with Crippen molar-refractivity contribution in [2.24, 2.45) is 0 Å². The van der Waals surface area contributed by atoms with Crippen LogP contribution < -0.4 is 0 Å². The Hall–Kier alpha value is -1.75. The van der Waals surface area contributed by atoms with Crippen molar-refractivity contribution in [3.8, 4) is 10.6 Å². The third-order valence-electron chi connectivity index (χ3n) is 2.86. The van der Waals surface area contributed by atoms with E-state index in [0.717, 1.165) is 16.3 Å². The van der Waals surface area contributed by atoms with Crippen LogP contribution in [0.15, 0.2) is 29.9 Å². The van der Waals surface area contributed by atoms with Gasteiger partial charge in [0.25, 0.3) is 0 Å². The van der Waals surface area contributed by atoms with E-state index in [1.165, 1.54) is 11.3 Å². The van der Waals surface area contributed by atoms with Gasteiger partial charge in [0.2, 0.25) is 0 Å². The van der Waals surface area contributed by atoms with Crippen LogP contribution in [0.5, 0.6) is 0 Å². The van der Waals surface area contributed by atoms with Gasteiger partial charge in [-0.25, -0.2) is 4.98 Å². The Morgan fingerprint density at radius 2 is 2.05 bits per heavy atom. The summed E-state index contributed by atoms with van der Waals surface area (Å²) in [4.78, 5) is 20.5. The van der Waals surface area contributed by atoms with E-state index in [9.17, 15) is 4.79 Å². The minimum absolute atomic E-state index is 0.249. The van der Waals surface area contributed by atoms with Crippen molar-refractivity contribution in [3.63, 3.8) is 0 Å². The third-order valence-corrected chi connectivity index (χ3v) is 3.75. The van der Waals surface area contributed by atoms with E-state index in [-0.39, 0.29) is 5.97 Å². The summed E-state index contributed by atoms with van der Waals surface area (Å²) in [5.74, 6) is -0.249. The lowest BCUT2D eigenvalue weighted by Crippen LogP contribution is -2.31. The van der Waals surface area contributed by atoms with Crippen LogP contribution in [0.25, 0.3) is 10.6 Å². The molecule has 19 heavy (non-hydrogen) atoms. The van der Waals surface area contributed by atoms with Gasteiger partial charge in [-0.05, 0) is 32.9 Å². The van der Waals surface area contributed by atoms with Crippen molar-refractivity contribution in [1.82, 2.24) is 9.97 Å². The van der Waals surface area contributed by atoms with Gasteiger partial charge in [-0.1, -0.05) is 0 Å². The molecule has 100 valence electrons. The van der Waals surface area contributed by atoms with Gasteiger partial charge in [0.1, 0.15) is 10.4 Å². The highest BCUT2D eigenvalue weighted by Gasteiger charge is 2.33. The molecule has 0 N–H and O–H groups in total. The summed E-state index contributed by atoms with van der Waals surface area (Å²) in [7, 11) is 0. The van der Waals surface area contributed by atoms with E-state index in [1.807, 2.05) is 31.4 Å². The topological polar surface area (TPSA) is 52.1 Å². The first kappa shape index (κ1) is 13.7. The molecule has 2 aromatic heterocycles. The minimum Gasteiger partial charge on any atom is -0.465 e. The van der Waals surface area contributed by atoms with Crippen molar-refractivity contribution in [1.29, 1.82) is 0 Å². The molecule has 0 unspecified atom stereocenters. The van der Waals surface area contributed by atoms with Crippen molar-refractivity contribution in [2.45, 2.75) is 26.2 Å². The maximum atomic E-state index is 11.9. The standard InChI is InChI=1S/C14H16N2O2S/c1-4-18-13(17)14(2,3)11-9-19-12(16-11)10-5-7-15-8-6-10/h5-9H,4H2,1-3H3. The number of thiazole rings is 1. The Bertz CT molecular complexity index is 564. The third kappa shape index (κ3) is 2.81. The number of rotatable bonds is 4. The molecule has 0 bridgehead atoms. The molecule has 4 nitrogen and oxygen atoms in total. The summed E-state index contributed by atoms with van der Waals surface area (Å²) in [6.45, 7) is 5.84. The quantitative estimate of drug-likeness (QED) is 0.805.